The number of aromatic nitrogens is 2. The average molecular weight is 309 g/mol. The fraction of sp³-hybridized carbons (Fsp3) is 0.750. The normalized spacial score (nSPS) is 24.8. The summed E-state index contributed by atoms with van der Waals surface area (Å²) < 4.78 is 0. The van der Waals surface area contributed by atoms with E-state index in [-0.39, 0.29) is 11.1 Å². The maximum atomic E-state index is 5.89. The van der Waals surface area contributed by atoms with Gasteiger partial charge in [0, 0.05) is 23.2 Å². The molecule has 1 saturated carbocycles. The Labute approximate surface area is 132 Å². The Hall–Kier alpha value is -0.870. The first-order chi connectivity index (χ1) is 9.76. The molecule has 2 aliphatic rings. The van der Waals surface area contributed by atoms with Crippen molar-refractivity contribution in [3.63, 3.8) is 0 Å². The minimum Gasteiger partial charge on any atom is -0.349 e. The minimum atomic E-state index is 0.138. The summed E-state index contributed by atoms with van der Waals surface area (Å²) in [5.41, 5.74) is 0.277. The van der Waals surface area contributed by atoms with Crippen LogP contribution in [0.15, 0.2) is 12.1 Å². The summed E-state index contributed by atoms with van der Waals surface area (Å²) in [6.07, 6.45) is 4.76. The molecular weight excluding hydrogens is 284 g/mol. The number of nitrogens with zero attached hydrogens (tertiary/aromatic N) is 3. The fourth-order valence-electron chi connectivity index (χ4n) is 3.94. The molecule has 0 amide bonds. The van der Waals surface area contributed by atoms with Crippen LogP contribution in [0, 0.1) is 0 Å². The number of hydrogen-bond acceptors (Lipinski definition) is 4. The molecule has 0 spiro atoms. The summed E-state index contributed by atoms with van der Waals surface area (Å²) in [7, 11) is 0. The van der Waals surface area contributed by atoms with Crippen LogP contribution in [0.25, 0.3) is 0 Å². The molecule has 0 atom stereocenters. The molecule has 116 valence electrons. The number of nitrogens with one attached hydrogen (secondary N) is 1. The van der Waals surface area contributed by atoms with Crippen LogP contribution in [0.5, 0.6) is 0 Å². The standard InChI is InChI=1S/C16H25ClN4/c1-15(2)9-12(10-16(3,4)20-15)21(11-5-6-11)14-8-7-13(17)18-19-14/h7-8,11-12,20H,5-6,9-10H2,1-4H3. The van der Waals surface area contributed by atoms with E-state index in [0.29, 0.717) is 17.2 Å². The van der Waals surface area contributed by atoms with Crippen molar-refractivity contribution in [3.05, 3.63) is 17.3 Å². The van der Waals surface area contributed by atoms with E-state index in [1.54, 1.807) is 0 Å². The first-order valence-electron chi connectivity index (χ1n) is 7.83. The average Bonchev–Trinajstić information content (AvgIpc) is 3.12. The smallest absolute Gasteiger partial charge is 0.151 e. The number of anilines is 1. The lowest BCUT2D eigenvalue weighted by Gasteiger charge is -2.50. The van der Waals surface area contributed by atoms with Gasteiger partial charge in [0.2, 0.25) is 0 Å². The summed E-state index contributed by atoms with van der Waals surface area (Å²) in [6.45, 7) is 9.16. The zero-order valence-electron chi connectivity index (χ0n) is 13.4. The van der Waals surface area contributed by atoms with Crippen molar-refractivity contribution in [3.8, 4) is 0 Å². The molecule has 2 heterocycles. The molecule has 0 aromatic carbocycles. The van der Waals surface area contributed by atoms with Crippen molar-refractivity contribution in [2.45, 2.75) is 76.5 Å². The topological polar surface area (TPSA) is 41.1 Å². The van der Waals surface area contributed by atoms with Gasteiger partial charge >= 0.3 is 0 Å². The molecule has 1 aliphatic carbocycles. The third-order valence-corrected chi connectivity index (χ3v) is 4.59. The fourth-order valence-corrected chi connectivity index (χ4v) is 4.04. The zero-order chi connectivity index (χ0) is 15.3. The molecule has 1 N–H and O–H groups in total. The molecule has 1 aliphatic heterocycles. The van der Waals surface area contributed by atoms with Crippen LogP contribution < -0.4 is 10.2 Å². The van der Waals surface area contributed by atoms with Gasteiger partial charge in [0.05, 0.1) is 0 Å². The Balaban J connectivity index is 1.88. The second kappa shape index (κ2) is 5.10. The number of halogens is 1. The maximum Gasteiger partial charge on any atom is 0.151 e. The van der Waals surface area contributed by atoms with Gasteiger partial charge in [0.1, 0.15) is 0 Å². The lowest BCUT2D eigenvalue weighted by molar-refractivity contribution is 0.157. The number of piperidine rings is 1. The van der Waals surface area contributed by atoms with E-state index in [2.05, 4.69) is 48.1 Å². The summed E-state index contributed by atoms with van der Waals surface area (Å²) in [6, 6.07) is 4.97. The molecule has 4 nitrogen and oxygen atoms in total. The van der Waals surface area contributed by atoms with E-state index < -0.39 is 0 Å². The second-order valence-corrected chi connectivity index (χ2v) is 8.19. The van der Waals surface area contributed by atoms with Gasteiger partial charge in [0.15, 0.2) is 11.0 Å². The van der Waals surface area contributed by atoms with Gasteiger partial charge in [-0.3, -0.25) is 0 Å². The zero-order valence-corrected chi connectivity index (χ0v) is 14.1. The molecule has 0 unspecified atom stereocenters. The van der Waals surface area contributed by atoms with Crippen LogP contribution in [-0.2, 0) is 0 Å². The molecule has 5 heteroatoms. The molecule has 2 fully saturated rings. The van der Waals surface area contributed by atoms with Crippen molar-refractivity contribution >= 4 is 17.4 Å². The third kappa shape index (κ3) is 3.49. The van der Waals surface area contributed by atoms with Crippen LogP contribution in [0.3, 0.4) is 0 Å². The number of hydrogen-bond donors (Lipinski definition) is 1. The van der Waals surface area contributed by atoms with Gasteiger partial charge in [-0.05, 0) is 65.5 Å². The van der Waals surface area contributed by atoms with E-state index in [1.165, 1.54) is 12.8 Å². The van der Waals surface area contributed by atoms with E-state index in [9.17, 15) is 0 Å². The largest absolute Gasteiger partial charge is 0.349 e. The van der Waals surface area contributed by atoms with Gasteiger partial charge in [-0.25, -0.2) is 0 Å². The van der Waals surface area contributed by atoms with Crippen LogP contribution in [0.2, 0.25) is 5.15 Å². The Bertz CT molecular complexity index is 492. The van der Waals surface area contributed by atoms with Crippen molar-refractivity contribution in [1.29, 1.82) is 0 Å². The van der Waals surface area contributed by atoms with E-state index in [0.717, 1.165) is 18.7 Å². The Morgan fingerprint density at radius 2 is 1.67 bits per heavy atom. The van der Waals surface area contributed by atoms with Crippen LogP contribution in [0.4, 0.5) is 5.82 Å². The van der Waals surface area contributed by atoms with Crippen molar-refractivity contribution in [2.75, 3.05) is 4.90 Å². The predicted molar refractivity (Wildman–Crippen MR) is 86.9 cm³/mol. The maximum absolute atomic E-state index is 5.89. The van der Waals surface area contributed by atoms with Crippen molar-refractivity contribution in [2.24, 2.45) is 0 Å². The first kappa shape index (κ1) is 15.0. The Morgan fingerprint density at radius 3 is 2.14 bits per heavy atom. The SMILES string of the molecule is CC1(C)CC(N(c2ccc(Cl)nn2)C2CC2)CC(C)(C)N1. The van der Waals surface area contributed by atoms with Gasteiger partial charge < -0.3 is 10.2 Å². The third-order valence-electron chi connectivity index (χ3n) is 4.38. The van der Waals surface area contributed by atoms with Crippen molar-refractivity contribution < 1.29 is 0 Å². The highest BCUT2D eigenvalue weighted by Crippen LogP contribution is 2.39. The van der Waals surface area contributed by atoms with E-state index in [1.807, 2.05) is 12.1 Å². The lowest BCUT2D eigenvalue weighted by Crippen LogP contribution is -2.62. The van der Waals surface area contributed by atoms with E-state index in [4.69, 9.17) is 11.6 Å². The molecule has 1 aromatic heterocycles. The van der Waals surface area contributed by atoms with Crippen LogP contribution >= 0.6 is 11.6 Å². The second-order valence-electron chi connectivity index (χ2n) is 7.81. The van der Waals surface area contributed by atoms with Gasteiger partial charge in [-0.2, -0.15) is 0 Å². The van der Waals surface area contributed by atoms with Crippen LogP contribution in [0.1, 0.15) is 53.4 Å². The Morgan fingerprint density at radius 1 is 1.05 bits per heavy atom. The van der Waals surface area contributed by atoms with Gasteiger partial charge in [-0.15, -0.1) is 10.2 Å². The molecule has 0 radical (unpaired) electrons. The van der Waals surface area contributed by atoms with Crippen LogP contribution in [-0.4, -0.2) is 33.4 Å². The molecule has 1 aromatic rings. The summed E-state index contributed by atoms with van der Waals surface area (Å²) >= 11 is 5.89. The van der Waals surface area contributed by atoms with E-state index >= 15 is 0 Å². The lowest BCUT2D eigenvalue weighted by atomic mass is 9.79. The number of rotatable bonds is 3. The highest BCUT2D eigenvalue weighted by Gasteiger charge is 2.44. The predicted octanol–water partition coefficient (Wildman–Crippen LogP) is 3.41. The first-order valence-corrected chi connectivity index (χ1v) is 8.20. The molecule has 0 bridgehead atoms. The minimum absolute atomic E-state index is 0.138. The highest BCUT2D eigenvalue weighted by molar-refractivity contribution is 6.29. The highest BCUT2D eigenvalue weighted by atomic mass is 35.5. The molecule has 1 saturated heterocycles. The molecule has 3 rings (SSSR count). The van der Waals surface area contributed by atoms with Gasteiger partial charge in [0.25, 0.3) is 0 Å². The molecule has 21 heavy (non-hydrogen) atoms. The monoisotopic (exact) mass is 308 g/mol. The summed E-state index contributed by atoms with van der Waals surface area (Å²) in [5.74, 6) is 0.973. The summed E-state index contributed by atoms with van der Waals surface area (Å²) in [5, 5.41) is 12.6. The van der Waals surface area contributed by atoms with Gasteiger partial charge in [-0.1, -0.05) is 11.6 Å². The van der Waals surface area contributed by atoms with Crippen molar-refractivity contribution in [1.82, 2.24) is 15.5 Å². The Kier molecular flexibility index (Phi) is 3.65. The molecular formula is C16H25ClN4. The summed E-state index contributed by atoms with van der Waals surface area (Å²) in [4.78, 5) is 2.49. The quantitative estimate of drug-likeness (QED) is 0.929.